The molecular weight excluding hydrogens is 295 g/mol. The molecule has 4 nitrogen and oxygen atoms in total. The maximum Gasteiger partial charge on any atom is 0.236 e. The highest BCUT2D eigenvalue weighted by Gasteiger charge is 2.10. The molecule has 0 atom stereocenters. The van der Waals surface area contributed by atoms with Gasteiger partial charge in [0.05, 0.1) is 11.5 Å². The van der Waals surface area contributed by atoms with Gasteiger partial charge in [-0.2, -0.15) is 0 Å². The van der Waals surface area contributed by atoms with Gasteiger partial charge in [-0.1, -0.05) is 24.3 Å². The molecule has 0 aliphatic carbocycles. The van der Waals surface area contributed by atoms with Crippen LogP contribution >= 0.6 is 21.4 Å². The Labute approximate surface area is 103 Å². The summed E-state index contributed by atoms with van der Waals surface area (Å²) in [6, 6.07) is 6.09. The van der Waals surface area contributed by atoms with E-state index in [1.165, 1.54) is 6.07 Å². The van der Waals surface area contributed by atoms with Gasteiger partial charge in [-0.05, 0) is 11.1 Å². The molecule has 8 heteroatoms. The van der Waals surface area contributed by atoms with Crippen LogP contribution in [-0.4, -0.2) is 16.8 Å². The van der Waals surface area contributed by atoms with Gasteiger partial charge >= 0.3 is 0 Å². The maximum absolute atomic E-state index is 10.8. The van der Waals surface area contributed by atoms with E-state index in [1.54, 1.807) is 18.2 Å². The zero-order chi connectivity index (χ0) is 12.4. The predicted octanol–water partition coefficient (Wildman–Crippen LogP) is 1.82. The van der Waals surface area contributed by atoms with E-state index in [0.29, 0.717) is 11.1 Å². The lowest BCUT2D eigenvalue weighted by Crippen LogP contribution is -1.98. The van der Waals surface area contributed by atoms with Crippen LogP contribution in [-0.2, 0) is 29.6 Å². The molecule has 1 aromatic carbocycles. The van der Waals surface area contributed by atoms with E-state index >= 15 is 0 Å². The van der Waals surface area contributed by atoms with E-state index in [4.69, 9.17) is 21.4 Å². The fourth-order valence-corrected chi connectivity index (χ4v) is 3.12. The summed E-state index contributed by atoms with van der Waals surface area (Å²) in [6.45, 7) is 0. The second-order valence-corrected chi connectivity index (χ2v) is 8.74. The summed E-state index contributed by atoms with van der Waals surface area (Å²) in [7, 11) is 2.87. The van der Waals surface area contributed by atoms with Gasteiger partial charge in [0.15, 0.2) is 0 Å². The molecule has 0 aliphatic heterocycles. The molecule has 0 saturated carbocycles. The Morgan fingerprint density at radius 3 is 1.56 bits per heavy atom. The molecule has 0 fully saturated rings. The first kappa shape index (κ1) is 13.8. The molecule has 0 aliphatic rings. The minimum atomic E-state index is -3.65. The van der Waals surface area contributed by atoms with Crippen LogP contribution in [0, 0.1) is 0 Å². The van der Waals surface area contributed by atoms with E-state index in [1.807, 2.05) is 0 Å². The Bertz CT molecular complexity index is 529. The number of rotatable bonds is 4. The average Bonchev–Trinajstić information content (AvgIpc) is 1.96. The highest BCUT2D eigenvalue weighted by molar-refractivity contribution is 8.13. The largest absolute Gasteiger partial charge is 0.236 e. The molecule has 0 saturated heterocycles. The third-order valence-electron chi connectivity index (χ3n) is 1.67. The third-order valence-corrected chi connectivity index (χ3v) is 3.68. The molecule has 90 valence electrons. The monoisotopic (exact) mass is 302 g/mol. The molecule has 0 unspecified atom stereocenters. The second kappa shape index (κ2) is 4.91. The molecular formula is C8H8Cl2O4S2. The molecule has 0 aromatic heterocycles. The third kappa shape index (κ3) is 5.69. The fourth-order valence-electron chi connectivity index (χ4n) is 1.21. The summed E-state index contributed by atoms with van der Waals surface area (Å²) >= 11 is 0. The van der Waals surface area contributed by atoms with Crippen molar-refractivity contribution < 1.29 is 16.8 Å². The Hall–Kier alpha value is -0.300. The van der Waals surface area contributed by atoms with E-state index < -0.39 is 18.1 Å². The van der Waals surface area contributed by atoms with Crippen molar-refractivity contribution in [1.82, 2.24) is 0 Å². The maximum atomic E-state index is 10.8. The van der Waals surface area contributed by atoms with Crippen molar-refractivity contribution in [3.63, 3.8) is 0 Å². The Balaban J connectivity index is 2.96. The van der Waals surface area contributed by atoms with E-state index in [-0.39, 0.29) is 11.5 Å². The Morgan fingerprint density at radius 2 is 1.25 bits per heavy atom. The zero-order valence-electron chi connectivity index (χ0n) is 7.93. The minimum absolute atomic E-state index is 0.343. The highest BCUT2D eigenvalue weighted by Crippen LogP contribution is 2.15. The second-order valence-electron chi connectivity index (χ2n) is 3.19. The van der Waals surface area contributed by atoms with E-state index in [2.05, 4.69) is 0 Å². The van der Waals surface area contributed by atoms with Gasteiger partial charge < -0.3 is 0 Å². The summed E-state index contributed by atoms with van der Waals surface area (Å²) < 4.78 is 43.3. The SMILES string of the molecule is O=S(=O)(Cl)Cc1cccc(CS(=O)(=O)Cl)c1. The standard InChI is InChI=1S/C8H8Cl2O4S2/c9-15(11,12)5-7-2-1-3-8(4-7)6-16(10,13)14/h1-4H,5-6H2. The van der Waals surface area contributed by atoms with Crippen molar-refractivity contribution in [3.05, 3.63) is 35.4 Å². The van der Waals surface area contributed by atoms with E-state index in [9.17, 15) is 16.8 Å². The quantitative estimate of drug-likeness (QED) is 0.796. The van der Waals surface area contributed by atoms with Crippen molar-refractivity contribution in [3.8, 4) is 0 Å². The molecule has 0 N–H and O–H groups in total. The number of hydrogen-bond acceptors (Lipinski definition) is 4. The van der Waals surface area contributed by atoms with Gasteiger partial charge in [-0.15, -0.1) is 0 Å². The summed E-state index contributed by atoms with van der Waals surface area (Å²) in [4.78, 5) is 0. The lowest BCUT2D eigenvalue weighted by atomic mass is 10.2. The molecule has 16 heavy (non-hydrogen) atoms. The van der Waals surface area contributed by atoms with Gasteiger partial charge in [-0.25, -0.2) is 16.8 Å². The number of halogens is 2. The van der Waals surface area contributed by atoms with Crippen molar-refractivity contribution in [1.29, 1.82) is 0 Å². The number of benzene rings is 1. The van der Waals surface area contributed by atoms with Crippen LogP contribution in [0.5, 0.6) is 0 Å². The van der Waals surface area contributed by atoms with Crippen molar-refractivity contribution in [2.45, 2.75) is 11.5 Å². The van der Waals surface area contributed by atoms with Crippen molar-refractivity contribution in [2.24, 2.45) is 0 Å². The van der Waals surface area contributed by atoms with Crippen LogP contribution in [0.4, 0.5) is 0 Å². The number of hydrogen-bond donors (Lipinski definition) is 0. The van der Waals surface area contributed by atoms with Crippen LogP contribution in [0.1, 0.15) is 11.1 Å². The highest BCUT2D eigenvalue weighted by atomic mass is 35.7. The van der Waals surface area contributed by atoms with Crippen molar-refractivity contribution >= 4 is 39.5 Å². The molecule has 1 aromatic rings. The Morgan fingerprint density at radius 1 is 0.875 bits per heavy atom. The first-order chi connectivity index (χ1) is 7.16. The van der Waals surface area contributed by atoms with Crippen LogP contribution in [0.15, 0.2) is 24.3 Å². The molecule has 0 radical (unpaired) electrons. The van der Waals surface area contributed by atoms with Gasteiger partial charge in [-0.3, -0.25) is 0 Å². The summed E-state index contributed by atoms with van der Waals surface area (Å²) in [6.07, 6.45) is 0. The summed E-state index contributed by atoms with van der Waals surface area (Å²) in [5.41, 5.74) is 0.848. The van der Waals surface area contributed by atoms with Crippen LogP contribution in [0.2, 0.25) is 0 Å². The molecule has 0 heterocycles. The summed E-state index contributed by atoms with van der Waals surface area (Å²) in [5, 5.41) is 0. The topological polar surface area (TPSA) is 68.3 Å². The predicted molar refractivity (Wildman–Crippen MR) is 63.4 cm³/mol. The Kier molecular flexibility index (Phi) is 4.23. The lowest BCUT2D eigenvalue weighted by molar-refractivity contribution is 0.607. The zero-order valence-corrected chi connectivity index (χ0v) is 11.1. The van der Waals surface area contributed by atoms with Gasteiger partial charge in [0, 0.05) is 21.4 Å². The molecule has 0 spiro atoms. The van der Waals surface area contributed by atoms with Crippen LogP contribution in [0.3, 0.4) is 0 Å². The van der Waals surface area contributed by atoms with Gasteiger partial charge in [0.1, 0.15) is 0 Å². The minimum Gasteiger partial charge on any atom is -0.212 e. The molecule has 0 amide bonds. The lowest BCUT2D eigenvalue weighted by Gasteiger charge is -2.01. The van der Waals surface area contributed by atoms with Crippen LogP contribution in [0.25, 0.3) is 0 Å². The average molecular weight is 303 g/mol. The smallest absolute Gasteiger partial charge is 0.212 e. The molecule has 0 bridgehead atoms. The molecule has 1 rings (SSSR count). The van der Waals surface area contributed by atoms with E-state index in [0.717, 1.165) is 0 Å². The van der Waals surface area contributed by atoms with Crippen molar-refractivity contribution in [2.75, 3.05) is 0 Å². The summed E-state index contributed by atoms with van der Waals surface area (Å²) in [5.74, 6) is -0.685. The van der Waals surface area contributed by atoms with Gasteiger partial charge in [0.25, 0.3) is 0 Å². The first-order valence-electron chi connectivity index (χ1n) is 4.08. The van der Waals surface area contributed by atoms with Crippen LogP contribution < -0.4 is 0 Å². The van der Waals surface area contributed by atoms with Gasteiger partial charge in [0.2, 0.25) is 18.1 Å². The normalized spacial score (nSPS) is 12.6. The fraction of sp³-hybridized carbons (Fsp3) is 0.250. The first-order valence-corrected chi connectivity index (χ1v) is 9.04.